The lowest BCUT2D eigenvalue weighted by Gasteiger charge is -2.28. The summed E-state index contributed by atoms with van der Waals surface area (Å²) >= 11 is 0.825. The summed E-state index contributed by atoms with van der Waals surface area (Å²) in [5, 5.41) is 48.2. The van der Waals surface area contributed by atoms with E-state index >= 15 is 0 Å². The number of carboxylic acids is 4. The first kappa shape index (κ1) is 54.6. The minimum Gasteiger partial charge on any atom is -0.481 e. The van der Waals surface area contributed by atoms with Gasteiger partial charge in [-0.1, -0.05) is 6.08 Å². The number of H-pyrrole nitrogens is 1. The van der Waals surface area contributed by atoms with Gasteiger partial charge in [0.25, 0.3) is 5.91 Å². The average Bonchev–Trinajstić information content (AvgIpc) is 3.85. The quantitative estimate of drug-likeness (QED) is 0.0461. The van der Waals surface area contributed by atoms with Crippen LogP contribution < -0.4 is 41.5 Å². The van der Waals surface area contributed by atoms with Crippen molar-refractivity contribution in [3.8, 4) is 11.5 Å². The summed E-state index contributed by atoms with van der Waals surface area (Å²) in [7, 11) is 7.52. The van der Waals surface area contributed by atoms with Crippen molar-refractivity contribution >= 4 is 87.8 Å². The van der Waals surface area contributed by atoms with Gasteiger partial charge in [0.2, 0.25) is 23.6 Å². The molecule has 1 aliphatic heterocycles. The number of nitrogens with two attached hydrogens (primary N) is 1. The van der Waals surface area contributed by atoms with Crippen LogP contribution in [0.3, 0.4) is 0 Å². The molecule has 3 aromatic rings. The number of nitrogens with one attached hydrogen (secondary N) is 5. The fraction of sp³-hybridized carbons (Fsp3) is 0.340. The summed E-state index contributed by atoms with van der Waals surface area (Å²) in [6.07, 6.45) is 4.18. The standard InChI is InChI=1S/C47H54N10O14S/c1-56(2)26-6-9-29-36(17-26)71-37-18-27(57(3)4)7-10-30(37)42(29)28-8-5-24(15-31(28)46(67)68)51-39(59)22-72-21-35(52-38(58)19-48)45(66)54-32(11-13-40(60)61)43(64)53-33(12-14-41(62)63)44(65)55-34(47(69)70)16-25-20-49-23-50-25/h5-10,15,17-18,20,23,32-35H,11-14,16,19,21-22,48H2,1-4H3,(H,49,50)(H,52,58)(H,53,64)(H,54,66)(H,55,65)(H,60,61)(H,62,63)(H,67,68)(H,69,70)/t32-,33-,34-,35-/m0/s1. The predicted molar refractivity (Wildman–Crippen MR) is 263 cm³/mol. The molecule has 2 aliphatic rings. The molecule has 0 spiro atoms. The van der Waals surface area contributed by atoms with Gasteiger partial charge in [-0.05, 0) is 54.8 Å². The van der Waals surface area contributed by atoms with Crippen molar-refractivity contribution in [2.75, 3.05) is 56.0 Å². The second-order valence-electron chi connectivity index (χ2n) is 16.7. The smallest absolute Gasteiger partial charge is 0.336 e. The molecule has 11 N–H and O–H groups in total. The minimum atomic E-state index is -1.70. The molecule has 5 amide bonds. The molecule has 0 fully saturated rings. The van der Waals surface area contributed by atoms with Crippen molar-refractivity contribution in [3.63, 3.8) is 0 Å². The maximum Gasteiger partial charge on any atom is 0.336 e. The maximum atomic E-state index is 13.7. The van der Waals surface area contributed by atoms with Gasteiger partial charge in [0.05, 0.1) is 29.9 Å². The van der Waals surface area contributed by atoms with Crippen molar-refractivity contribution in [2.24, 2.45) is 10.7 Å². The third-order valence-electron chi connectivity index (χ3n) is 11.0. The van der Waals surface area contributed by atoms with Crippen LogP contribution in [0.25, 0.3) is 5.57 Å². The van der Waals surface area contributed by atoms with Gasteiger partial charge in [0, 0.05) is 105 Å². The number of thioether (sulfide) groups is 1. The van der Waals surface area contributed by atoms with Crippen molar-refractivity contribution in [3.05, 3.63) is 95.1 Å². The zero-order chi connectivity index (χ0) is 52.8. The number of aromatic nitrogens is 2. The van der Waals surface area contributed by atoms with Crippen LogP contribution in [0.5, 0.6) is 11.5 Å². The fourth-order valence-corrected chi connectivity index (χ4v) is 8.12. The third-order valence-corrected chi connectivity index (χ3v) is 12.0. The summed E-state index contributed by atoms with van der Waals surface area (Å²) in [5.41, 5.74) is 9.54. The number of amides is 5. The Morgan fingerprint density at radius 1 is 0.750 bits per heavy atom. The normalized spacial score (nSPS) is 14.7. The Labute approximate surface area is 415 Å². The summed E-state index contributed by atoms with van der Waals surface area (Å²) in [5.74, 6) is -10.1. The number of allylic oxidation sites excluding steroid dienone is 3. The third kappa shape index (κ3) is 14.8. The highest BCUT2D eigenvalue weighted by Gasteiger charge is 2.33. The number of anilines is 2. The van der Waals surface area contributed by atoms with Crippen LogP contribution in [0.4, 0.5) is 11.4 Å². The average molecular weight is 1020 g/mol. The molecule has 0 saturated carbocycles. The number of benzene rings is 2. The lowest BCUT2D eigenvalue weighted by atomic mass is 9.84. The van der Waals surface area contributed by atoms with Crippen molar-refractivity contribution in [1.29, 1.82) is 0 Å². The largest absolute Gasteiger partial charge is 0.481 e. The zero-order valence-corrected chi connectivity index (χ0v) is 40.3. The summed E-state index contributed by atoms with van der Waals surface area (Å²) < 4.78 is 6.37. The molecule has 4 atom stereocenters. The number of fused-ring (bicyclic) bond motifs is 2. The number of aromatic amines is 1. The summed E-state index contributed by atoms with van der Waals surface area (Å²) in [6, 6.07) is 4.72. The van der Waals surface area contributed by atoms with Gasteiger partial charge in [-0.25, -0.2) is 19.6 Å². The molecule has 1 aliphatic carbocycles. The Bertz CT molecular complexity index is 2670. The number of hydrogen-bond donors (Lipinski definition) is 10. The maximum absolute atomic E-state index is 13.7. The van der Waals surface area contributed by atoms with Crippen molar-refractivity contribution in [2.45, 2.75) is 56.3 Å². The number of hydrogen-bond acceptors (Lipinski definition) is 15. The van der Waals surface area contributed by atoms with Crippen LogP contribution in [0.15, 0.2) is 83.3 Å². The highest BCUT2D eigenvalue weighted by molar-refractivity contribution is 8.00. The second-order valence-corrected chi connectivity index (χ2v) is 17.7. The first-order valence-electron chi connectivity index (χ1n) is 22.1. The molecule has 24 nitrogen and oxygen atoms in total. The van der Waals surface area contributed by atoms with E-state index in [0.29, 0.717) is 39.5 Å². The van der Waals surface area contributed by atoms with Gasteiger partial charge in [0.1, 0.15) is 35.7 Å². The summed E-state index contributed by atoms with van der Waals surface area (Å²) in [6.45, 7) is -0.580. The van der Waals surface area contributed by atoms with Gasteiger partial charge < -0.3 is 66.9 Å². The zero-order valence-electron chi connectivity index (χ0n) is 39.5. The van der Waals surface area contributed by atoms with E-state index in [2.05, 4.69) is 36.2 Å². The SMILES string of the molecule is CN(C)c1ccc2c(c1)Oc1cc(N(C)C)ccc1C2=C1C=CC(=NC(=O)CSC[C@H](NC(=O)CN)C(=O)N[C@@H](CCC(=O)O)C(=O)N[C@@H](CCC(=O)O)C(=O)N[C@@H](Cc2cnc[nH]2)C(=O)O)C=C1C(=O)O. The topological polar surface area (TPSA) is 365 Å². The van der Waals surface area contributed by atoms with E-state index in [-0.39, 0.29) is 23.5 Å². The Hall–Kier alpha value is -8.32. The number of rotatable bonds is 24. The molecule has 25 heteroatoms. The summed E-state index contributed by atoms with van der Waals surface area (Å²) in [4.78, 5) is 129. The van der Waals surface area contributed by atoms with E-state index in [1.807, 2.05) is 74.4 Å². The first-order chi connectivity index (χ1) is 34.1. The van der Waals surface area contributed by atoms with E-state index in [9.17, 15) is 63.6 Å². The number of ether oxygens (including phenoxy) is 1. The molecule has 2 heterocycles. The van der Waals surface area contributed by atoms with Gasteiger partial charge in [-0.3, -0.25) is 33.6 Å². The van der Waals surface area contributed by atoms with Gasteiger partial charge in [0.15, 0.2) is 0 Å². The number of carbonyl (C=O) groups excluding carboxylic acids is 5. The van der Waals surface area contributed by atoms with Gasteiger partial charge in [-0.2, -0.15) is 0 Å². The minimum absolute atomic E-state index is 0.00502. The lowest BCUT2D eigenvalue weighted by Crippen LogP contribution is -2.58. The highest BCUT2D eigenvalue weighted by atomic mass is 32.2. The van der Waals surface area contributed by atoms with E-state index in [1.54, 1.807) is 6.08 Å². The lowest BCUT2D eigenvalue weighted by molar-refractivity contribution is -0.143. The molecular weight excluding hydrogens is 961 g/mol. The van der Waals surface area contributed by atoms with Crippen LogP contribution in [0.1, 0.15) is 42.5 Å². The van der Waals surface area contributed by atoms with Crippen molar-refractivity contribution in [1.82, 2.24) is 31.2 Å². The Morgan fingerprint density at radius 2 is 1.29 bits per heavy atom. The molecule has 0 saturated heterocycles. The second kappa shape index (κ2) is 25.0. The predicted octanol–water partition coefficient (Wildman–Crippen LogP) is 0.686. The van der Waals surface area contributed by atoms with Crippen molar-refractivity contribution < 1.29 is 68.3 Å². The van der Waals surface area contributed by atoms with Gasteiger partial charge >= 0.3 is 23.9 Å². The highest BCUT2D eigenvalue weighted by Crippen LogP contribution is 2.48. The number of carboxylic acid groups (broad SMARTS) is 4. The van der Waals surface area contributed by atoms with Crippen LogP contribution in [-0.4, -0.2) is 160 Å². The van der Waals surface area contributed by atoms with E-state index < -0.39 is 116 Å². The Kier molecular flexibility index (Phi) is 19.0. The number of aliphatic carboxylic acids is 4. The molecular formula is C47H54N10O14S. The Balaban J connectivity index is 1.33. The van der Waals surface area contributed by atoms with Crippen LogP contribution >= 0.6 is 11.8 Å². The number of carbonyl (C=O) groups is 9. The van der Waals surface area contributed by atoms with Gasteiger partial charge in [-0.15, -0.1) is 11.8 Å². The molecule has 72 heavy (non-hydrogen) atoms. The van der Waals surface area contributed by atoms with Crippen LogP contribution in [0.2, 0.25) is 0 Å². The number of imidazole rings is 1. The molecule has 2 aromatic carbocycles. The Morgan fingerprint density at radius 3 is 1.76 bits per heavy atom. The fourth-order valence-electron chi connectivity index (χ4n) is 7.29. The van der Waals surface area contributed by atoms with Crippen LogP contribution in [0, 0.1) is 0 Å². The number of nitrogens with zero attached hydrogens (tertiary/aromatic N) is 4. The molecule has 1 aromatic heterocycles. The molecule has 382 valence electrons. The number of aliphatic imine (C=N–C) groups is 1. The molecule has 0 unspecified atom stereocenters. The van der Waals surface area contributed by atoms with E-state index in [4.69, 9.17) is 10.5 Å². The monoisotopic (exact) mass is 1010 g/mol. The van der Waals surface area contributed by atoms with E-state index in [1.165, 1.54) is 24.7 Å². The van der Waals surface area contributed by atoms with E-state index in [0.717, 1.165) is 23.1 Å². The molecule has 5 rings (SSSR count). The molecule has 0 radical (unpaired) electrons. The van der Waals surface area contributed by atoms with Crippen LogP contribution in [-0.2, 0) is 49.6 Å². The molecule has 0 bridgehead atoms. The first-order valence-corrected chi connectivity index (χ1v) is 23.2.